The number of aliphatic carboxylic acids is 1. The van der Waals surface area contributed by atoms with Crippen molar-refractivity contribution >= 4 is 19.3 Å². The number of hydrogen-bond acceptors (Lipinski definition) is 5. The van der Waals surface area contributed by atoms with Gasteiger partial charge in [-0.15, -0.1) is 0 Å². The Morgan fingerprint density at radius 3 is 2.43 bits per heavy atom. The lowest BCUT2D eigenvalue weighted by Crippen LogP contribution is -2.31. The molecule has 0 bridgehead atoms. The molecule has 0 aliphatic carbocycles. The molecule has 0 aliphatic heterocycles. The minimum absolute atomic E-state index is 0.0235. The molecule has 0 fully saturated rings. The van der Waals surface area contributed by atoms with E-state index in [0.29, 0.717) is 0 Å². The van der Waals surface area contributed by atoms with Gasteiger partial charge in [0.1, 0.15) is 6.04 Å². The first-order valence-corrected chi connectivity index (χ1v) is 7.87. The Balaban J connectivity index is 2.87. The van der Waals surface area contributed by atoms with Gasteiger partial charge in [0.15, 0.2) is 5.85 Å². The van der Waals surface area contributed by atoms with Crippen LogP contribution >= 0.6 is 7.37 Å². The molecule has 0 saturated carbocycles. The largest absolute Gasteiger partial charge is 0.480 e. The highest BCUT2D eigenvalue weighted by Crippen LogP contribution is 2.54. The molecular formula is C12H16NO7P. The predicted molar refractivity (Wildman–Crippen MR) is 73.3 cm³/mol. The molecule has 116 valence electrons. The predicted octanol–water partition coefficient (Wildman–Crippen LogP) is 0.448. The molecule has 8 nitrogen and oxygen atoms in total. The number of nitrogens with two attached hydrogens (primary N) is 1. The molecule has 9 heteroatoms. The summed E-state index contributed by atoms with van der Waals surface area (Å²) in [5.74, 6) is -4.33. The number of hydrogen-bond donors (Lipinski definition) is 5. The average molecular weight is 317 g/mol. The van der Waals surface area contributed by atoms with E-state index in [-0.39, 0.29) is 17.5 Å². The number of carbonyl (C=O) groups is 2. The summed E-state index contributed by atoms with van der Waals surface area (Å²) in [4.78, 5) is 31.2. The lowest BCUT2D eigenvalue weighted by molar-refractivity contribution is -0.138. The second kappa shape index (κ2) is 6.82. The Bertz CT molecular complexity index is 589. The van der Waals surface area contributed by atoms with Crippen LogP contribution in [0.15, 0.2) is 24.3 Å². The molecule has 2 unspecified atom stereocenters. The van der Waals surface area contributed by atoms with Crippen molar-refractivity contribution in [1.29, 1.82) is 0 Å². The summed E-state index contributed by atoms with van der Waals surface area (Å²) in [6.45, 7) is 0. The van der Waals surface area contributed by atoms with Crippen LogP contribution in [0.2, 0.25) is 0 Å². The van der Waals surface area contributed by atoms with Gasteiger partial charge in [0.2, 0.25) is 7.37 Å². The first-order valence-electron chi connectivity index (χ1n) is 5.96. The first kappa shape index (κ1) is 17.3. The van der Waals surface area contributed by atoms with E-state index in [0.717, 1.165) is 6.07 Å². The van der Waals surface area contributed by atoms with E-state index in [9.17, 15) is 24.2 Å². The van der Waals surface area contributed by atoms with E-state index in [1.54, 1.807) is 0 Å². The highest BCUT2D eigenvalue weighted by molar-refractivity contribution is 7.58. The van der Waals surface area contributed by atoms with Crippen LogP contribution in [0.3, 0.4) is 0 Å². The fourth-order valence-electron chi connectivity index (χ4n) is 1.64. The van der Waals surface area contributed by atoms with Gasteiger partial charge in [-0.1, -0.05) is 12.1 Å². The smallest absolute Gasteiger partial charge is 0.335 e. The van der Waals surface area contributed by atoms with Crippen LogP contribution in [0.4, 0.5) is 0 Å². The van der Waals surface area contributed by atoms with E-state index in [1.165, 1.54) is 18.2 Å². The fraction of sp³-hybridized carbons (Fsp3) is 0.333. The third kappa shape index (κ3) is 4.64. The van der Waals surface area contributed by atoms with Crippen LogP contribution in [0.25, 0.3) is 0 Å². The van der Waals surface area contributed by atoms with Gasteiger partial charge in [-0.05, 0) is 24.1 Å². The molecule has 0 spiro atoms. The number of aromatic carboxylic acids is 1. The van der Waals surface area contributed by atoms with E-state index < -0.39 is 37.4 Å². The zero-order valence-corrected chi connectivity index (χ0v) is 11.8. The van der Waals surface area contributed by atoms with Crippen LogP contribution in [0, 0.1) is 0 Å². The SMILES string of the molecule is N[C@@H](CCP(=O)(O)C(O)c1cccc(C(=O)O)c1)C(=O)O. The molecule has 1 aromatic carbocycles. The van der Waals surface area contributed by atoms with E-state index in [4.69, 9.17) is 15.9 Å². The van der Waals surface area contributed by atoms with Crippen LogP contribution in [-0.2, 0) is 9.36 Å². The number of carboxylic acids is 2. The van der Waals surface area contributed by atoms with E-state index in [2.05, 4.69) is 0 Å². The maximum Gasteiger partial charge on any atom is 0.335 e. The van der Waals surface area contributed by atoms with Crippen LogP contribution in [-0.4, -0.2) is 44.4 Å². The molecular weight excluding hydrogens is 301 g/mol. The molecule has 3 atom stereocenters. The molecule has 0 aromatic heterocycles. The van der Waals surface area contributed by atoms with Gasteiger partial charge in [0, 0.05) is 6.16 Å². The number of rotatable bonds is 7. The van der Waals surface area contributed by atoms with Gasteiger partial charge in [0.05, 0.1) is 5.56 Å². The molecule has 1 rings (SSSR count). The first-order chi connectivity index (χ1) is 9.65. The van der Waals surface area contributed by atoms with Gasteiger partial charge in [-0.25, -0.2) is 4.79 Å². The van der Waals surface area contributed by atoms with E-state index >= 15 is 0 Å². The Kier molecular flexibility index (Phi) is 5.62. The van der Waals surface area contributed by atoms with Crippen LogP contribution in [0.5, 0.6) is 0 Å². The standard InChI is InChI=1S/C12H16NO7P/c13-9(11(16)17)4-5-21(19,20)12(18)8-3-1-2-7(6-8)10(14)15/h1-3,6,9,12,18H,4-5,13H2,(H,14,15)(H,16,17)(H,19,20)/t9-,12?/m0/s1. The minimum Gasteiger partial charge on any atom is -0.480 e. The summed E-state index contributed by atoms with van der Waals surface area (Å²) >= 11 is 0. The molecule has 0 heterocycles. The van der Waals surface area contributed by atoms with Crippen molar-refractivity contribution in [2.24, 2.45) is 5.73 Å². The summed E-state index contributed by atoms with van der Waals surface area (Å²) in [5.41, 5.74) is 5.08. The van der Waals surface area contributed by atoms with Crippen molar-refractivity contribution in [3.8, 4) is 0 Å². The summed E-state index contributed by atoms with van der Waals surface area (Å²) in [5, 5.41) is 27.4. The van der Waals surface area contributed by atoms with Crippen molar-refractivity contribution in [1.82, 2.24) is 0 Å². The molecule has 21 heavy (non-hydrogen) atoms. The Hall–Kier alpha value is -1.73. The van der Waals surface area contributed by atoms with E-state index in [1.807, 2.05) is 0 Å². The number of aliphatic hydroxyl groups is 1. The number of carboxylic acid groups (broad SMARTS) is 2. The Labute approximate surface area is 120 Å². The van der Waals surface area contributed by atoms with Crippen molar-refractivity contribution in [3.63, 3.8) is 0 Å². The number of benzene rings is 1. The highest BCUT2D eigenvalue weighted by atomic mass is 31.2. The molecule has 1 aromatic rings. The Morgan fingerprint density at radius 2 is 1.90 bits per heavy atom. The topological polar surface area (TPSA) is 158 Å². The quantitative estimate of drug-likeness (QED) is 0.453. The van der Waals surface area contributed by atoms with Crippen molar-refractivity contribution in [3.05, 3.63) is 35.4 Å². The second-order valence-corrected chi connectivity index (χ2v) is 6.96. The van der Waals surface area contributed by atoms with Gasteiger partial charge in [-0.3, -0.25) is 9.36 Å². The summed E-state index contributed by atoms with van der Waals surface area (Å²) in [6.07, 6.45) is -0.766. The fourth-order valence-corrected chi connectivity index (χ4v) is 3.15. The molecule has 0 radical (unpaired) electrons. The van der Waals surface area contributed by atoms with Gasteiger partial charge in [-0.2, -0.15) is 0 Å². The molecule has 0 aliphatic rings. The minimum atomic E-state index is -4.13. The van der Waals surface area contributed by atoms with Crippen molar-refractivity contribution in [2.75, 3.05) is 6.16 Å². The molecule has 0 saturated heterocycles. The van der Waals surface area contributed by atoms with Crippen LogP contribution in [0.1, 0.15) is 28.2 Å². The molecule has 0 amide bonds. The second-order valence-electron chi connectivity index (χ2n) is 4.52. The van der Waals surface area contributed by atoms with Crippen LogP contribution < -0.4 is 5.73 Å². The average Bonchev–Trinajstić information content (AvgIpc) is 2.43. The summed E-state index contributed by atoms with van der Waals surface area (Å²) in [6, 6.07) is 3.72. The third-order valence-corrected chi connectivity index (χ3v) is 4.85. The van der Waals surface area contributed by atoms with Gasteiger partial charge < -0.3 is 25.9 Å². The number of aliphatic hydroxyl groups excluding tert-OH is 1. The van der Waals surface area contributed by atoms with Crippen molar-refractivity contribution in [2.45, 2.75) is 18.3 Å². The van der Waals surface area contributed by atoms with Gasteiger partial charge >= 0.3 is 11.9 Å². The maximum atomic E-state index is 12.0. The maximum absolute atomic E-state index is 12.0. The third-order valence-electron chi connectivity index (χ3n) is 2.89. The summed E-state index contributed by atoms with van der Waals surface area (Å²) in [7, 11) is -4.13. The Morgan fingerprint density at radius 1 is 1.29 bits per heavy atom. The lowest BCUT2D eigenvalue weighted by atomic mass is 10.1. The highest BCUT2D eigenvalue weighted by Gasteiger charge is 2.32. The lowest BCUT2D eigenvalue weighted by Gasteiger charge is -2.19. The molecule has 6 N–H and O–H groups in total. The zero-order chi connectivity index (χ0) is 16.2. The zero-order valence-electron chi connectivity index (χ0n) is 10.9. The van der Waals surface area contributed by atoms with Gasteiger partial charge in [0.25, 0.3) is 0 Å². The van der Waals surface area contributed by atoms with Crippen molar-refractivity contribution < 1.29 is 34.4 Å². The monoisotopic (exact) mass is 317 g/mol. The summed E-state index contributed by atoms with van der Waals surface area (Å²) < 4.78 is 12.0. The normalized spacial score (nSPS) is 16.7.